The van der Waals surface area contributed by atoms with Crippen molar-refractivity contribution >= 4 is 35.1 Å². The van der Waals surface area contributed by atoms with Crippen LogP contribution in [0.5, 0.6) is 0 Å². The molecule has 1 heterocycles. The third-order valence-corrected chi connectivity index (χ3v) is 5.88. The minimum atomic E-state index is -0.415. The second-order valence-electron chi connectivity index (χ2n) is 5.30. The van der Waals surface area contributed by atoms with Crippen LogP contribution in [0.3, 0.4) is 0 Å². The van der Waals surface area contributed by atoms with E-state index >= 15 is 0 Å². The molecule has 1 saturated heterocycles. The molecule has 1 unspecified atom stereocenters. The largest absolute Gasteiger partial charge is 0.322 e. The second-order valence-corrected chi connectivity index (χ2v) is 7.37. The van der Waals surface area contributed by atoms with Crippen molar-refractivity contribution in [3.63, 3.8) is 0 Å². The van der Waals surface area contributed by atoms with Gasteiger partial charge >= 0.3 is 0 Å². The number of thioether (sulfide) groups is 2. The van der Waals surface area contributed by atoms with Crippen molar-refractivity contribution in [2.24, 2.45) is 0 Å². The Morgan fingerprint density at radius 2 is 1.88 bits per heavy atom. The highest BCUT2D eigenvalue weighted by Crippen LogP contribution is 2.39. The predicted octanol–water partition coefficient (Wildman–Crippen LogP) is 4.20. The van der Waals surface area contributed by atoms with E-state index in [1.807, 2.05) is 35.4 Å². The van der Waals surface area contributed by atoms with Gasteiger partial charge in [0.25, 0.3) is 11.6 Å². The van der Waals surface area contributed by atoms with Gasteiger partial charge in [-0.3, -0.25) is 14.9 Å². The summed E-state index contributed by atoms with van der Waals surface area (Å²) in [5.74, 6) is 0.854. The number of nitro groups is 1. The van der Waals surface area contributed by atoms with Gasteiger partial charge in [-0.2, -0.15) is 0 Å². The van der Waals surface area contributed by atoms with E-state index < -0.39 is 4.92 Å². The first-order valence-electron chi connectivity index (χ1n) is 7.41. The minimum Gasteiger partial charge on any atom is -0.322 e. The van der Waals surface area contributed by atoms with Gasteiger partial charge < -0.3 is 4.90 Å². The first-order chi connectivity index (χ1) is 11.6. The summed E-state index contributed by atoms with van der Waals surface area (Å²) in [6, 6.07) is 14.0. The van der Waals surface area contributed by atoms with E-state index in [1.165, 1.54) is 12.1 Å². The molecule has 0 radical (unpaired) electrons. The number of non-ortho nitro benzene ring substituents is 1. The van der Waals surface area contributed by atoms with E-state index in [0.717, 1.165) is 16.2 Å². The zero-order valence-electron chi connectivity index (χ0n) is 13.0. The van der Waals surface area contributed by atoms with Gasteiger partial charge in [0.1, 0.15) is 5.37 Å². The van der Waals surface area contributed by atoms with Crippen molar-refractivity contribution in [3.05, 3.63) is 69.8 Å². The first kappa shape index (κ1) is 16.9. The third-order valence-electron chi connectivity index (χ3n) is 3.88. The fraction of sp³-hybridized carbons (Fsp3) is 0.235. The van der Waals surface area contributed by atoms with Gasteiger partial charge in [0.05, 0.1) is 4.92 Å². The van der Waals surface area contributed by atoms with E-state index in [9.17, 15) is 14.9 Å². The molecule has 1 aliphatic heterocycles. The molecular formula is C17H16N2O3S2. The molecule has 2 aromatic carbocycles. The van der Waals surface area contributed by atoms with Crippen LogP contribution in [-0.4, -0.2) is 34.3 Å². The average Bonchev–Trinajstić information content (AvgIpc) is 3.11. The van der Waals surface area contributed by atoms with Crippen LogP contribution < -0.4 is 0 Å². The van der Waals surface area contributed by atoms with Crippen molar-refractivity contribution in [1.29, 1.82) is 0 Å². The van der Waals surface area contributed by atoms with Crippen molar-refractivity contribution in [1.82, 2.24) is 4.90 Å². The highest BCUT2D eigenvalue weighted by Gasteiger charge is 2.31. The quantitative estimate of drug-likeness (QED) is 0.464. The van der Waals surface area contributed by atoms with Crippen molar-refractivity contribution in [2.45, 2.75) is 10.3 Å². The summed E-state index contributed by atoms with van der Waals surface area (Å²) in [4.78, 5) is 26.1. The number of amides is 1. The first-order valence-corrected chi connectivity index (χ1v) is 9.68. The van der Waals surface area contributed by atoms with E-state index in [1.54, 1.807) is 35.7 Å². The number of nitro benzene ring substituents is 1. The third kappa shape index (κ3) is 3.42. The summed E-state index contributed by atoms with van der Waals surface area (Å²) in [5.41, 5.74) is 1.65. The maximum Gasteiger partial charge on any atom is 0.269 e. The Kier molecular flexibility index (Phi) is 5.11. The van der Waals surface area contributed by atoms with Crippen LogP contribution in [0.2, 0.25) is 0 Å². The molecule has 0 aromatic heterocycles. The number of benzene rings is 2. The highest BCUT2D eigenvalue weighted by atomic mass is 32.2. The Morgan fingerprint density at radius 3 is 2.46 bits per heavy atom. The van der Waals surface area contributed by atoms with Crippen molar-refractivity contribution in [3.8, 4) is 0 Å². The smallest absolute Gasteiger partial charge is 0.269 e. The van der Waals surface area contributed by atoms with Crippen LogP contribution in [0.15, 0.2) is 53.4 Å². The summed E-state index contributed by atoms with van der Waals surface area (Å²) in [6.07, 6.45) is 2.00. The van der Waals surface area contributed by atoms with Gasteiger partial charge in [0, 0.05) is 34.9 Å². The summed E-state index contributed by atoms with van der Waals surface area (Å²) in [5, 5.41) is 10.7. The van der Waals surface area contributed by atoms with E-state index in [-0.39, 0.29) is 17.0 Å². The lowest BCUT2D eigenvalue weighted by atomic mass is 10.1. The Balaban J connectivity index is 1.81. The molecule has 124 valence electrons. The van der Waals surface area contributed by atoms with Crippen LogP contribution in [0.4, 0.5) is 5.69 Å². The monoisotopic (exact) mass is 360 g/mol. The standard InChI is InChI=1S/C17H16N2O3S2/c1-23-15-8-4-12(5-9-15)16(20)18-10-11-24-17(18)13-2-6-14(7-3-13)19(21)22/h2-9,17H,10-11H2,1H3. The lowest BCUT2D eigenvalue weighted by molar-refractivity contribution is -0.384. The van der Waals surface area contributed by atoms with Gasteiger partial charge in [-0.05, 0) is 48.2 Å². The van der Waals surface area contributed by atoms with Gasteiger partial charge in [-0.1, -0.05) is 0 Å². The van der Waals surface area contributed by atoms with E-state index in [0.29, 0.717) is 12.1 Å². The number of rotatable bonds is 4. The Labute approximate surface area is 148 Å². The van der Waals surface area contributed by atoms with Gasteiger partial charge in [0.2, 0.25) is 0 Å². The SMILES string of the molecule is CSc1ccc(C(=O)N2CCSC2c2ccc([N+](=O)[O-])cc2)cc1. The van der Waals surface area contributed by atoms with Gasteiger partial charge in [0.15, 0.2) is 0 Å². The molecule has 2 aromatic rings. The number of nitrogens with zero attached hydrogens (tertiary/aromatic N) is 2. The molecule has 1 atom stereocenters. The molecule has 0 saturated carbocycles. The molecule has 0 aliphatic carbocycles. The zero-order chi connectivity index (χ0) is 17.1. The zero-order valence-corrected chi connectivity index (χ0v) is 14.7. The van der Waals surface area contributed by atoms with Crippen molar-refractivity contribution in [2.75, 3.05) is 18.6 Å². The normalized spacial score (nSPS) is 17.0. The molecule has 1 aliphatic rings. The predicted molar refractivity (Wildman–Crippen MR) is 97.6 cm³/mol. The molecule has 0 spiro atoms. The summed E-state index contributed by atoms with van der Waals surface area (Å²) < 4.78 is 0. The summed E-state index contributed by atoms with van der Waals surface area (Å²) >= 11 is 3.32. The lowest BCUT2D eigenvalue weighted by Crippen LogP contribution is -2.30. The topological polar surface area (TPSA) is 63.5 Å². The van der Waals surface area contributed by atoms with Crippen LogP contribution in [0.25, 0.3) is 0 Å². The Hall–Kier alpha value is -1.99. The van der Waals surface area contributed by atoms with Crippen LogP contribution in [0.1, 0.15) is 21.3 Å². The number of carbonyl (C=O) groups is 1. The number of carbonyl (C=O) groups excluding carboxylic acids is 1. The molecule has 3 rings (SSSR count). The molecule has 7 heteroatoms. The average molecular weight is 360 g/mol. The molecule has 0 bridgehead atoms. The van der Waals surface area contributed by atoms with Crippen LogP contribution in [-0.2, 0) is 0 Å². The van der Waals surface area contributed by atoms with E-state index in [2.05, 4.69) is 0 Å². The maximum absolute atomic E-state index is 12.8. The molecule has 0 N–H and O–H groups in total. The highest BCUT2D eigenvalue weighted by molar-refractivity contribution is 7.99. The fourth-order valence-corrected chi connectivity index (χ4v) is 4.28. The molecule has 1 fully saturated rings. The molecule has 5 nitrogen and oxygen atoms in total. The Morgan fingerprint density at radius 1 is 1.21 bits per heavy atom. The molecule has 1 amide bonds. The van der Waals surface area contributed by atoms with Gasteiger partial charge in [-0.15, -0.1) is 23.5 Å². The van der Waals surface area contributed by atoms with Gasteiger partial charge in [-0.25, -0.2) is 0 Å². The lowest BCUT2D eigenvalue weighted by Gasteiger charge is -2.24. The van der Waals surface area contributed by atoms with Crippen molar-refractivity contribution < 1.29 is 9.72 Å². The molecular weight excluding hydrogens is 344 g/mol. The van der Waals surface area contributed by atoms with Crippen LogP contribution in [0, 0.1) is 10.1 Å². The minimum absolute atomic E-state index is 0.00370. The second kappa shape index (κ2) is 7.27. The molecule has 24 heavy (non-hydrogen) atoms. The Bertz CT molecular complexity index is 747. The number of hydrogen-bond acceptors (Lipinski definition) is 5. The fourth-order valence-electron chi connectivity index (χ4n) is 2.61. The van der Waals surface area contributed by atoms with E-state index in [4.69, 9.17) is 0 Å². The maximum atomic E-state index is 12.8. The van der Waals surface area contributed by atoms with Crippen LogP contribution >= 0.6 is 23.5 Å². The number of hydrogen-bond donors (Lipinski definition) is 0. The summed E-state index contributed by atoms with van der Waals surface area (Å²) in [6.45, 7) is 0.676. The summed E-state index contributed by atoms with van der Waals surface area (Å²) in [7, 11) is 0.